The quantitative estimate of drug-likeness (QED) is 0.892. The van der Waals surface area contributed by atoms with Gasteiger partial charge >= 0.3 is 0 Å². The maximum absolute atomic E-state index is 4.62. The Hall–Kier alpha value is -1.69. The van der Waals surface area contributed by atoms with Crippen molar-refractivity contribution >= 4 is 33.4 Å². The molecule has 0 amide bonds. The molecular formula is C16H20BrN5. The first-order chi connectivity index (χ1) is 10.7. The van der Waals surface area contributed by atoms with Crippen LogP contribution in [0.4, 0.5) is 17.5 Å². The molecule has 1 aliphatic rings. The molecule has 0 bridgehead atoms. The predicted molar refractivity (Wildman–Crippen MR) is 92.7 cm³/mol. The Morgan fingerprint density at radius 3 is 2.64 bits per heavy atom. The Morgan fingerprint density at radius 1 is 1.14 bits per heavy atom. The van der Waals surface area contributed by atoms with E-state index in [1.165, 1.54) is 31.2 Å². The average Bonchev–Trinajstić information content (AvgIpc) is 2.80. The second-order valence-corrected chi connectivity index (χ2v) is 6.50. The lowest BCUT2D eigenvalue weighted by atomic mass is 10.2. The molecule has 0 atom stereocenters. The van der Waals surface area contributed by atoms with Crippen LogP contribution in [0.3, 0.4) is 0 Å². The van der Waals surface area contributed by atoms with E-state index in [4.69, 9.17) is 0 Å². The smallest absolute Gasteiger partial charge is 0.249 e. The number of anilines is 3. The van der Waals surface area contributed by atoms with E-state index in [2.05, 4.69) is 60.4 Å². The van der Waals surface area contributed by atoms with Gasteiger partial charge in [-0.3, -0.25) is 0 Å². The molecule has 0 saturated carbocycles. The molecular weight excluding hydrogens is 342 g/mol. The molecule has 6 heteroatoms. The van der Waals surface area contributed by atoms with Crippen molar-refractivity contribution in [2.45, 2.75) is 32.6 Å². The molecule has 0 unspecified atom stereocenters. The number of hydrogen-bond acceptors (Lipinski definition) is 5. The van der Waals surface area contributed by atoms with Gasteiger partial charge < -0.3 is 10.2 Å². The van der Waals surface area contributed by atoms with Gasteiger partial charge in [-0.2, -0.15) is 10.1 Å². The first-order valence-electron chi connectivity index (χ1n) is 7.70. The van der Waals surface area contributed by atoms with Crippen LogP contribution in [0.1, 0.15) is 31.2 Å². The van der Waals surface area contributed by atoms with Crippen LogP contribution in [0.5, 0.6) is 0 Å². The number of hydrogen-bond donors (Lipinski definition) is 1. The fourth-order valence-electron chi connectivity index (χ4n) is 2.64. The molecule has 116 valence electrons. The molecule has 1 aromatic carbocycles. The lowest BCUT2D eigenvalue weighted by Gasteiger charge is -2.21. The van der Waals surface area contributed by atoms with Gasteiger partial charge in [0.2, 0.25) is 5.95 Å². The molecule has 1 N–H and O–H groups in total. The van der Waals surface area contributed by atoms with Crippen molar-refractivity contribution in [1.29, 1.82) is 0 Å². The summed E-state index contributed by atoms with van der Waals surface area (Å²) in [5.41, 5.74) is 2.15. The lowest BCUT2D eigenvalue weighted by Crippen LogP contribution is -2.25. The maximum atomic E-state index is 4.62. The van der Waals surface area contributed by atoms with Crippen molar-refractivity contribution in [2.24, 2.45) is 0 Å². The summed E-state index contributed by atoms with van der Waals surface area (Å²) in [4.78, 5) is 6.92. The van der Waals surface area contributed by atoms with Gasteiger partial charge in [0.05, 0.1) is 11.9 Å². The fourth-order valence-corrected chi connectivity index (χ4v) is 3.23. The van der Waals surface area contributed by atoms with Crippen LogP contribution < -0.4 is 10.2 Å². The normalized spacial score (nSPS) is 15.5. The number of nitrogens with one attached hydrogen (secondary N) is 1. The number of rotatable bonds is 3. The van der Waals surface area contributed by atoms with Crippen molar-refractivity contribution in [1.82, 2.24) is 15.2 Å². The van der Waals surface area contributed by atoms with Gasteiger partial charge in [0.1, 0.15) is 0 Å². The summed E-state index contributed by atoms with van der Waals surface area (Å²) in [6.45, 7) is 4.16. The third-order valence-corrected chi connectivity index (χ3v) is 4.50. The van der Waals surface area contributed by atoms with Crippen molar-refractivity contribution in [3.8, 4) is 0 Å². The third-order valence-electron chi connectivity index (χ3n) is 3.85. The Bertz CT molecular complexity index is 638. The molecule has 2 aromatic rings. The van der Waals surface area contributed by atoms with Gasteiger partial charge in [-0.05, 0) is 53.4 Å². The second-order valence-electron chi connectivity index (χ2n) is 5.65. The SMILES string of the molecule is Cc1ccc(Nc2nncc(N3CCCCCC3)n2)c(Br)c1. The van der Waals surface area contributed by atoms with E-state index < -0.39 is 0 Å². The number of halogens is 1. The van der Waals surface area contributed by atoms with Crippen LogP contribution in [0.15, 0.2) is 28.9 Å². The minimum absolute atomic E-state index is 0.534. The summed E-state index contributed by atoms with van der Waals surface area (Å²) in [6.07, 6.45) is 6.79. The molecule has 0 aliphatic carbocycles. The van der Waals surface area contributed by atoms with Crippen molar-refractivity contribution < 1.29 is 0 Å². The monoisotopic (exact) mass is 361 g/mol. The average molecular weight is 362 g/mol. The Balaban J connectivity index is 1.78. The largest absolute Gasteiger partial charge is 0.355 e. The van der Waals surface area contributed by atoms with Crippen LogP contribution >= 0.6 is 15.9 Å². The Labute approximate surface area is 139 Å². The van der Waals surface area contributed by atoms with Crippen molar-refractivity contribution in [2.75, 3.05) is 23.3 Å². The highest BCUT2D eigenvalue weighted by molar-refractivity contribution is 9.10. The summed E-state index contributed by atoms with van der Waals surface area (Å²) >= 11 is 3.56. The predicted octanol–water partition coefficient (Wildman–Crippen LogP) is 4.07. The maximum Gasteiger partial charge on any atom is 0.249 e. The molecule has 0 spiro atoms. The Kier molecular flexibility index (Phi) is 4.87. The molecule has 22 heavy (non-hydrogen) atoms. The second kappa shape index (κ2) is 7.05. The lowest BCUT2D eigenvalue weighted by molar-refractivity contribution is 0.726. The number of benzene rings is 1. The van der Waals surface area contributed by atoms with Crippen molar-refractivity contribution in [3.63, 3.8) is 0 Å². The van der Waals surface area contributed by atoms with Gasteiger partial charge in [-0.15, -0.1) is 5.10 Å². The summed E-state index contributed by atoms with van der Waals surface area (Å²) in [7, 11) is 0. The van der Waals surface area contributed by atoms with Crippen LogP contribution in [-0.2, 0) is 0 Å². The summed E-state index contributed by atoms with van der Waals surface area (Å²) < 4.78 is 0.997. The highest BCUT2D eigenvalue weighted by Gasteiger charge is 2.13. The molecule has 2 heterocycles. The van der Waals surface area contributed by atoms with Crippen LogP contribution in [0.2, 0.25) is 0 Å². The van der Waals surface area contributed by atoms with Gasteiger partial charge in [0.25, 0.3) is 0 Å². The Morgan fingerprint density at radius 2 is 1.91 bits per heavy atom. The zero-order valence-corrected chi connectivity index (χ0v) is 14.3. The van der Waals surface area contributed by atoms with E-state index >= 15 is 0 Å². The van der Waals surface area contributed by atoms with Gasteiger partial charge in [0, 0.05) is 17.6 Å². The summed E-state index contributed by atoms with van der Waals surface area (Å²) in [5, 5.41) is 11.4. The number of aromatic nitrogens is 3. The molecule has 0 radical (unpaired) electrons. The van der Waals surface area contributed by atoms with Crippen LogP contribution in [-0.4, -0.2) is 28.3 Å². The number of nitrogens with zero attached hydrogens (tertiary/aromatic N) is 4. The minimum atomic E-state index is 0.534. The van der Waals surface area contributed by atoms with E-state index in [0.717, 1.165) is 29.1 Å². The van der Waals surface area contributed by atoms with E-state index in [1.54, 1.807) is 6.20 Å². The minimum Gasteiger partial charge on any atom is -0.355 e. The topological polar surface area (TPSA) is 53.9 Å². The zero-order valence-electron chi connectivity index (χ0n) is 12.7. The summed E-state index contributed by atoms with van der Waals surface area (Å²) in [6, 6.07) is 6.13. The van der Waals surface area contributed by atoms with Crippen LogP contribution in [0.25, 0.3) is 0 Å². The highest BCUT2D eigenvalue weighted by atomic mass is 79.9. The molecule has 1 saturated heterocycles. The first-order valence-corrected chi connectivity index (χ1v) is 8.49. The molecule has 5 nitrogen and oxygen atoms in total. The molecule has 1 aromatic heterocycles. The van der Waals surface area contributed by atoms with Crippen LogP contribution in [0, 0.1) is 6.92 Å². The standard InChI is InChI=1S/C16H20BrN5/c1-12-6-7-14(13(17)10-12)19-16-20-15(11-18-21-16)22-8-4-2-3-5-9-22/h6-7,10-11H,2-5,8-9H2,1H3,(H,19,20,21). The van der Waals surface area contributed by atoms with E-state index in [-0.39, 0.29) is 0 Å². The summed E-state index contributed by atoms with van der Waals surface area (Å²) in [5.74, 6) is 1.44. The van der Waals surface area contributed by atoms with Gasteiger partial charge in [-0.25, -0.2) is 0 Å². The zero-order chi connectivity index (χ0) is 15.4. The van der Waals surface area contributed by atoms with Crippen molar-refractivity contribution in [3.05, 3.63) is 34.4 Å². The molecule has 1 fully saturated rings. The number of aryl methyl sites for hydroxylation is 1. The van der Waals surface area contributed by atoms with Gasteiger partial charge in [0.15, 0.2) is 5.82 Å². The highest BCUT2D eigenvalue weighted by Crippen LogP contribution is 2.26. The van der Waals surface area contributed by atoms with Gasteiger partial charge in [-0.1, -0.05) is 18.9 Å². The third kappa shape index (κ3) is 3.74. The van der Waals surface area contributed by atoms with E-state index in [0.29, 0.717) is 5.95 Å². The van der Waals surface area contributed by atoms with E-state index in [1.807, 2.05) is 6.07 Å². The fraction of sp³-hybridized carbons (Fsp3) is 0.438. The molecule has 3 rings (SSSR count). The van der Waals surface area contributed by atoms with E-state index in [9.17, 15) is 0 Å². The first kappa shape index (κ1) is 15.2. The molecule has 1 aliphatic heterocycles.